The third-order valence-corrected chi connectivity index (χ3v) is 8.39. The van der Waals surface area contributed by atoms with Crippen LogP contribution in [-0.2, 0) is 31.0 Å². The van der Waals surface area contributed by atoms with E-state index < -0.39 is 28.7 Å². The fourth-order valence-corrected chi connectivity index (χ4v) is 6.95. The molecule has 184 valence electrons. The van der Waals surface area contributed by atoms with Crippen LogP contribution in [0.5, 0.6) is 0 Å². The molecular weight excluding hydrogens is 456 g/mol. The molecule has 0 bridgehead atoms. The number of furan rings is 1. The van der Waals surface area contributed by atoms with Gasteiger partial charge in [-0.25, -0.2) is 0 Å². The molecule has 6 rings (SSSR count). The summed E-state index contributed by atoms with van der Waals surface area (Å²) in [5, 5.41) is 0. The highest BCUT2D eigenvalue weighted by Gasteiger charge is 2.73. The highest BCUT2D eigenvalue weighted by molar-refractivity contribution is 6.28. The Morgan fingerprint density at radius 3 is 2.44 bits per heavy atom. The van der Waals surface area contributed by atoms with Gasteiger partial charge in [-0.05, 0) is 41.7 Å². The van der Waals surface area contributed by atoms with Crippen molar-refractivity contribution in [1.29, 1.82) is 0 Å². The minimum Gasteiger partial charge on any atom is -0.472 e. The van der Waals surface area contributed by atoms with Crippen LogP contribution in [0.2, 0.25) is 0 Å². The number of fused-ring (bicyclic) bond motifs is 1. The second kappa shape index (κ2) is 8.45. The van der Waals surface area contributed by atoms with Crippen LogP contribution < -0.4 is 0 Å². The Kier molecular flexibility index (Phi) is 5.34. The van der Waals surface area contributed by atoms with Gasteiger partial charge in [-0.2, -0.15) is 0 Å². The molecule has 1 unspecified atom stereocenters. The van der Waals surface area contributed by atoms with Crippen LogP contribution in [0.3, 0.4) is 0 Å². The number of para-hydroxylation sites is 1. The van der Waals surface area contributed by atoms with Crippen molar-refractivity contribution < 1.29 is 23.5 Å². The minimum absolute atomic E-state index is 0.0162. The van der Waals surface area contributed by atoms with Crippen LogP contribution in [-0.4, -0.2) is 49.4 Å². The summed E-state index contributed by atoms with van der Waals surface area (Å²) in [4.78, 5) is 35.1. The van der Waals surface area contributed by atoms with E-state index in [1.165, 1.54) is 19.8 Å². The number of carbonyl (C=O) groups is 2. The lowest BCUT2D eigenvalue weighted by atomic mass is 9.51. The van der Waals surface area contributed by atoms with Gasteiger partial charge >= 0.3 is 11.9 Å². The molecule has 2 aliphatic heterocycles. The average Bonchev–Trinajstić information content (AvgIpc) is 3.65. The van der Waals surface area contributed by atoms with E-state index in [0.717, 1.165) is 36.3 Å². The van der Waals surface area contributed by atoms with E-state index >= 15 is 0 Å². The lowest BCUT2D eigenvalue weighted by Crippen LogP contribution is -2.65. The molecule has 1 saturated carbocycles. The van der Waals surface area contributed by atoms with Crippen molar-refractivity contribution in [3.63, 3.8) is 0 Å². The molecule has 36 heavy (non-hydrogen) atoms. The van der Waals surface area contributed by atoms with Crippen LogP contribution in [0, 0.1) is 5.41 Å². The second-order valence-electron chi connectivity index (χ2n) is 9.81. The number of hydrogen-bond acceptors (Lipinski definition) is 7. The predicted octanol–water partition coefficient (Wildman–Crippen LogP) is 4.40. The standard InChI is InChI=1S/C29H28N2O5/c1-34-26(32)29(27(33)35-2)22(20-12-15-36-18-20)16-24-28(21-10-6-7-11-23(21)30-25(28)29)13-14-31(24)17-19-8-4-3-5-9-19/h3-12,15,18,22,24H,13-14,16-17H2,1-2H3/t22-,24?,28+/m0/s1. The SMILES string of the molecule is COC(=O)C1(C(=O)OC)C2=Nc3ccccc3[C@@]23CCN(Cc2ccccc2)C3C[C@H]1c1ccoc1. The predicted molar refractivity (Wildman–Crippen MR) is 133 cm³/mol. The number of rotatable bonds is 5. The summed E-state index contributed by atoms with van der Waals surface area (Å²) >= 11 is 0. The minimum atomic E-state index is -1.72. The van der Waals surface area contributed by atoms with Crippen LogP contribution in [0.4, 0.5) is 5.69 Å². The molecule has 1 saturated heterocycles. The normalized spacial score (nSPS) is 25.9. The van der Waals surface area contributed by atoms with Gasteiger partial charge in [0.25, 0.3) is 0 Å². The maximum atomic E-state index is 13.8. The van der Waals surface area contributed by atoms with Crippen molar-refractivity contribution >= 4 is 23.3 Å². The molecule has 3 aliphatic rings. The van der Waals surface area contributed by atoms with E-state index in [1.807, 2.05) is 42.5 Å². The molecule has 3 atom stereocenters. The molecule has 3 heterocycles. The molecule has 3 aromatic rings. The molecule has 2 aromatic carbocycles. The number of likely N-dealkylation sites (tertiary alicyclic amines) is 1. The molecule has 1 spiro atoms. The van der Waals surface area contributed by atoms with Crippen molar-refractivity contribution in [1.82, 2.24) is 4.90 Å². The molecule has 0 N–H and O–H groups in total. The van der Waals surface area contributed by atoms with Crippen LogP contribution in [0.25, 0.3) is 0 Å². The molecule has 1 aromatic heterocycles. The van der Waals surface area contributed by atoms with E-state index in [2.05, 4.69) is 23.1 Å². The van der Waals surface area contributed by atoms with Crippen molar-refractivity contribution in [3.05, 3.63) is 89.9 Å². The van der Waals surface area contributed by atoms with Gasteiger partial charge in [0.1, 0.15) is 0 Å². The maximum absolute atomic E-state index is 13.8. The van der Waals surface area contributed by atoms with Crippen molar-refractivity contribution in [2.45, 2.75) is 36.8 Å². The summed E-state index contributed by atoms with van der Waals surface area (Å²) in [5.41, 5.74) is 2.04. The van der Waals surface area contributed by atoms with Gasteiger partial charge in [0.2, 0.25) is 5.41 Å². The Morgan fingerprint density at radius 1 is 1.03 bits per heavy atom. The zero-order valence-corrected chi connectivity index (χ0v) is 20.3. The van der Waals surface area contributed by atoms with E-state index in [4.69, 9.17) is 18.9 Å². The van der Waals surface area contributed by atoms with Crippen LogP contribution in [0.1, 0.15) is 35.4 Å². The third kappa shape index (κ3) is 2.92. The van der Waals surface area contributed by atoms with Gasteiger partial charge in [0.15, 0.2) is 0 Å². The maximum Gasteiger partial charge on any atom is 0.329 e. The summed E-state index contributed by atoms with van der Waals surface area (Å²) < 4.78 is 16.1. The largest absolute Gasteiger partial charge is 0.472 e. The average molecular weight is 485 g/mol. The zero-order chi connectivity index (χ0) is 24.9. The molecule has 0 amide bonds. The van der Waals surface area contributed by atoms with Crippen molar-refractivity contribution in [2.24, 2.45) is 10.4 Å². The third-order valence-electron chi connectivity index (χ3n) is 8.39. The number of nitrogens with zero attached hydrogens (tertiary/aromatic N) is 2. The lowest BCUT2D eigenvalue weighted by molar-refractivity contribution is -0.166. The van der Waals surface area contributed by atoms with Gasteiger partial charge in [-0.15, -0.1) is 0 Å². The van der Waals surface area contributed by atoms with E-state index in [9.17, 15) is 9.59 Å². The van der Waals surface area contributed by atoms with Gasteiger partial charge < -0.3 is 13.9 Å². The second-order valence-corrected chi connectivity index (χ2v) is 9.81. The molecule has 1 aliphatic carbocycles. The fourth-order valence-electron chi connectivity index (χ4n) is 6.95. The number of hydrogen-bond donors (Lipinski definition) is 0. The van der Waals surface area contributed by atoms with E-state index in [-0.39, 0.29) is 6.04 Å². The first-order chi connectivity index (χ1) is 17.6. The Hall–Kier alpha value is -3.71. The van der Waals surface area contributed by atoms with E-state index in [1.54, 1.807) is 12.5 Å². The number of carbonyl (C=O) groups excluding carboxylic acids is 2. The van der Waals surface area contributed by atoms with Gasteiger partial charge in [0, 0.05) is 25.0 Å². The summed E-state index contributed by atoms with van der Waals surface area (Å²) in [6.45, 7) is 1.58. The summed E-state index contributed by atoms with van der Waals surface area (Å²) in [6.07, 6.45) is 4.47. The smallest absolute Gasteiger partial charge is 0.329 e. The highest BCUT2D eigenvalue weighted by Crippen LogP contribution is 2.63. The zero-order valence-electron chi connectivity index (χ0n) is 20.3. The number of esters is 2. The van der Waals surface area contributed by atoms with Crippen LogP contribution in [0.15, 0.2) is 82.6 Å². The molecule has 0 radical (unpaired) electrons. The number of aliphatic imine (C=N–C) groups is 1. The number of ether oxygens (including phenoxy) is 2. The Balaban J connectivity index is 1.59. The first-order valence-corrected chi connectivity index (χ1v) is 12.2. The molecule has 7 nitrogen and oxygen atoms in total. The molecular formula is C29H28N2O5. The quantitative estimate of drug-likeness (QED) is 0.395. The number of methoxy groups -OCH3 is 2. The Morgan fingerprint density at radius 2 is 1.75 bits per heavy atom. The van der Waals surface area contributed by atoms with E-state index in [0.29, 0.717) is 12.1 Å². The highest BCUT2D eigenvalue weighted by atomic mass is 16.5. The van der Waals surface area contributed by atoms with Gasteiger partial charge in [0.05, 0.1) is 43.6 Å². The summed E-state index contributed by atoms with van der Waals surface area (Å²) in [5.74, 6) is -1.85. The van der Waals surface area contributed by atoms with Crippen molar-refractivity contribution in [2.75, 3.05) is 20.8 Å². The van der Waals surface area contributed by atoms with Gasteiger partial charge in [-0.1, -0.05) is 48.5 Å². The van der Waals surface area contributed by atoms with Crippen molar-refractivity contribution in [3.8, 4) is 0 Å². The molecule has 7 heteroatoms. The Labute approximate surface area is 209 Å². The van der Waals surface area contributed by atoms with Crippen LogP contribution >= 0.6 is 0 Å². The first kappa shape index (κ1) is 22.7. The topological polar surface area (TPSA) is 81.3 Å². The summed E-state index contributed by atoms with van der Waals surface area (Å²) in [6, 6.07) is 20.2. The fraction of sp³-hybridized carbons (Fsp3) is 0.345. The Bertz CT molecular complexity index is 1320. The first-order valence-electron chi connectivity index (χ1n) is 12.2. The summed E-state index contributed by atoms with van der Waals surface area (Å²) in [7, 11) is 2.63. The van der Waals surface area contributed by atoms with Gasteiger partial charge in [-0.3, -0.25) is 19.5 Å². The molecule has 2 fully saturated rings. The number of benzene rings is 2. The lowest BCUT2D eigenvalue weighted by Gasteiger charge is -2.51. The monoisotopic (exact) mass is 484 g/mol.